The maximum Gasteiger partial charge on any atom is 0.263 e. The van der Waals surface area contributed by atoms with Crippen LogP contribution in [0.15, 0.2) is 16.4 Å². The van der Waals surface area contributed by atoms with Gasteiger partial charge in [0.1, 0.15) is 17.2 Å². The standard InChI is InChI=1S/C18H21N5O2S2/c1-22(2)9-13-20-16-15(11-5-3-4-6-12(11)27-16)17(25)23(13)10-14(24)21-18-19-7-8-26-18/h7-8H,3-6,9-10H2,1-2H3,(H,19,21,24). The molecule has 0 aromatic carbocycles. The molecule has 0 fully saturated rings. The smallest absolute Gasteiger partial charge is 0.263 e. The zero-order valence-corrected chi connectivity index (χ0v) is 17.0. The van der Waals surface area contributed by atoms with Crippen LogP contribution in [0, 0.1) is 0 Å². The normalized spacial score (nSPS) is 13.9. The molecule has 0 radical (unpaired) electrons. The predicted molar refractivity (Wildman–Crippen MR) is 109 cm³/mol. The van der Waals surface area contributed by atoms with Crippen molar-refractivity contribution in [2.45, 2.75) is 38.8 Å². The van der Waals surface area contributed by atoms with Gasteiger partial charge in [-0.2, -0.15) is 0 Å². The van der Waals surface area contributed by atoms with E-state index in [1.807, 2.05) is 19.0 Å². The van der Waals surface area contributed by atoms with Crippen LogP contribution >= 0.6 is 22.7 Å². The summed E-state index contributed by atoms with van der Waals surface area (Å²) < 4.78 is 1.52. The van der Waals surface area contributed by atoms with E-state index in [1.165, 1.54) is 20.8 Å². The molecule has 1 aliphatic carbocycles. The van der Waals surface area contributed by atoms with Crippen LogP contribution in [0.25, 0.3) is 10.2 Å². The molecular weight excluding hydrogens is 382 g/mol. The number of nitrogens with zero attached hydrogens (tertiary/aromatic N) is 4. The Morgan fingerprint density at radius 3 is 2.89 bits per heavy atom. The number of hydrogen-bond donors (Lipinski definition) is 1. The third-order valence-corrected chi connectivity index (χ3v) is 6.47. The van der Waals surface area contributed by atoms with Gasteiger partial charge in [-0.25, -0.2) is 9.97 Å². The van der Waals surface area contributed by atoms with Crippen LogP contribution in [-0.2, 0) is 30.7 Å². The molecule has 1 amide bonds. The predicted octanol–water partition coefficient (Wildman–Crippen LogP) is 2.49. The lowest BCUT2D eigenvalue weighted by molar-refractivity contribution is -0.116. The summed E-state index contributed by atoms with van der Waals surface area (Å²) in [4.78, 5) is 38.7. The van der Waals surface area contributed by atoms with Gasteiger partial charge in [-0.05, 0) is 45.3 Å². The summed E-state index contributed by atoms with van der Waals surface area (Å²) in [5.41, 5.74) is 1.04. The number of nitrogens with one attached hydrogen (secondary N) is 1. The lowest BCUT2D eigenvalue weighted by atomic mass is 9.97. The number of aromatic nitrogens is 3. The molecule has 0 atom stereocenters. The quantitative estimate of drug-likeness (QED) is 0.708. The summed E-state index contributed by atoms with van der Waals surface area (Å²) in [5, 5.41) is 5.79. The largest absolute Gasteiger partial charge is 0.302 e. The first-order valence-electron chi connectivity index (χ1n) is 8.91. The zero-order chi connectivity index (χ0) is 19.0. The summed E-state index contributed by atoms with van der Waals surface area (Å²) in [7, 11) is 3.85. The van der Waals surface area contributed by atoms with Crippen LogP contribution in [0.5, 0.6) is 0 Å². The maximum atomic E-state index is 13.3. The Balaban J connectivity index is 1.77. The molecule has 0 saturated heterocycles. The van der Waals surface area contributed by atoms with Crippen molar-refractivity contribution < 1.29 is 4.79 Å². The number of hydrogen-bond acceptors (Lipinski definition) is 7. The van der Waals surface area contributed by atoms with Gasteiger partial charge in [0.25, 0.3) is 5.56 Å². The topological polar surface area (TPSA) is 80.1 Å². The number of anilines is 1. The Morgan fingerprint density at radius 1 is 1.33 bits per heavy atom. The second-order valence-electron chi connectivity index (χ2n) is 6.93. The Labute approximate surface area is 164 Å². The van der Waals surface area contributed by atoms with Crippen LogP contribution in [-0.4, -0.2) is 39.4 Å². The van der Waals surface area contributed by atoms with Gasteiger partial charge in [0.15, 0.2) is 5.13 Å². The van der Waals surface area contributed by atoms with Crippen LogP contribution in [0.2, 0.25) is 0 Å². The lowest BCUT2D eigenvalue weighted by Crippen LogP contribution is -2.33. The summed E-state index contributed by atoms with van der Waals surface area (Å²) in [6.45, 7) is 0.438. The Kier molecular flexibility index (Phi) is 5.07. The van der Waals surface area contributed by atoms with Crippen molar-refractivity contribution in [2.24, 2.45) is 0 Å². The Hall–Kier alpha value is -2.10. The van der Waals surface area contributed by atoms with Crippen molar-refractivity contribution in [3.8, 4) is 0 Å². The SMILES string of the molecule is CN(C)Cc1nc2sc3c(c2c(=O)n1CC(=O)Nc1nccs1)CCCC3. The highest BCUT2D eigenvalue weighted by Gasteiger charge is 2.23. The minimum Gasteiger partial charge on any atom is -0.302 e. The van der Waals surface area contributed by atoms with Crippen LogP contribution < -0.4 is 10.9 Å². The Bertz CT molecular complexity index is 1040. The number of carbonyl (C=O) groups is 1. The van der Waals surface area contributed by atoms with Gasteiger partial charge in [-0.15, -0.1) is 22.7 Å². The zero-order valence-electron chi connectivity index (χ0n) is 15.3. The van der Waals surface area contributed by atoms with Crippen molar-refractivity contribution in [3.63, 3.8) is 0 Å². The van der Waals surface area contributed by atoms with Crippen molar-refractivity contribution in [1.29, 1.82) is 0 Å². The summed E-state index contributed by atoms with van der Waals surface area (Å²) in [5.74, 6) is 0.350. The van der Waals surface area contributed by atoms with E-state index in [-0.39, 0.29) is 18.0 Å². The molecule has 7 nitrogen and oxygen atoms in total. The molecule has 3 heterocycles. The van der Waals surface area contributed by atoms with E-state index in [0.717, 1.165) is 36.1 Å². The fourth-order valence-electron chi connectivity index (χ4n) is 3.43. The second-order valence-corrected chi connectivity index (χ2v) is 8.91. The number of aryl methyl sites for hydroxylation is 2. The summed E-state index contributed by atoms with van der Waals surface area (Å²) in [6.07, 6.45) is 5.83. The summed E-state index contributed by atoms with van der Waals surface area (Å²) >= 11 is 2.99. The maximum absolute atomic E-state index is 13.3. The third-order valence-electron chi connectivity index (χ3n) is 4.59. The number of thiophene rings is 1. The van der Waals surface area contributed by atoms with Gasteiger partial charge in [-0.3, -0.25) is 14.2 Å². The van der Waals surface area contributed by atoms with Gasteiger partial charge in [0, 0.05) is 16.5 Å². The summed E-state index contributed by atoms with van der Waals surface area (Å²) in [6, 6.07) is 0. The minimum atomic E-state index is -0.266. The molecular formula is C18H21N5O2S2. The first kappa shape index (κ1) is 18.3. The first-order chi connectivity index (χ1) is 13.0. The second kappa shape index (κ2) is 7.49. The van der Waals surface area contributed by atoms with E-state index in [1.54, 1.807) is 22.9 Å². The monoisotopic (exact) mass is 403 g/mol. The van der Waals surface area contributed by atoms with Crippen LogP contribution in [0.1, 0.15) is 29.1 Å². The van der Waals surface area contributed by atoms with E-state index in [4.69, 9.17) is 4.98 Å². The molecule has 1 aliphatic rings. The molecule has 0 spiro atoms. The van der Waals surface area contributed by atoms with Crippen LogP contribution in [0.3, 0.4) is 0 Å². The number of thiazole rings is 1. The van der Waals surface area contributed by atoms with Gasteiger partial charge >= 0.3 is 0 Å². The first-order valence-corrected chi connectivity index (χ1v) is 10.6. The molecule has 1 N–H and O–H groups in total. The molecule has 142 valence electrons. The molecule has 0 bridgehead atoms. The van der Waals surface area contributed by atoms with Gasteiger partial charge in [-0.1, -0.05) is 0 Å². The van der Waals surface area contributed by atoms with Crippen molar-refractivity contribution >= 4 is 43.9 Å². The highest BCUT2D eigenvalue weighted by molar-refractivity contribution is 7.18. The average molecular weight is 404 g/mol. The fraction of sp³-hybridized carbons (Fsp3) is 0.444. The molecule has 27 heavy (non-hydrogen) atoms. The van der Waals surface area contributed by atoms with Gasteiger partial charge in [0.05, 0.1) is 11.9 Å². The lowest BCUT2D eigenvalue weighted by Gasteiger charge is -2.16. The number of amides is 1. The molecule has 3 aromatic rings. The van der Waals surface area contributed by atoms with E-state index < -0.39 is 0 Å². The molecule has 3 aromatic heterocycles. The van der Waals surface area contributed by atoms with E-state index >= 15 is 0 Å². The van der Waals surface area contributed by atoms with Gasteiger partial charge < -0.3 is 10.2 Å². The number of rotatable bonds is 5. The highest BCUT2D eigenvalue weighted by atomic mass is 32.1. The van der Waals surface area contributed by atoms with Crippen molar-refractivity contribution in [1.82, 2.24) is 19.4 Å². The average Bonchev–Trinajstić information content (AvgIpc) is 3.24. The molecule has 0 saturated carbocycles. The minimum absolute atomic E-state index is 0.0604. The fourth-order valence-corrected chi connectivity index (χ4v) is 5.25. The van der Waals surface area contributed by atoms with Crippen molar-refractivity contribution in [2.75, 3.05) is 19.4 Å². The van der Waals surface area contributed by atoms with E-state index in [2.05, 4.69) is 10.3 Å². The highest BCUT2D eigenvalue weighted by Crippen LogP contribution is 2.33. The van der Waals surface area contributed by atoms with E-state index in [9.17, 15) is 9.59 Å². The molecule has 0 aliphatic heterocycles. The Morgan fingerprint density at radius 2 is 2.15 bits per heavy atom. The van der Waals surface area contributed by atoms with Crippen LogP contribution in [0.4, 0.5) is 5.13 Å². The number of fused-ring (bicyclic) bond motifs is 3. The number of carbonyl (C=O) groups excluding carboxylic acids is 1. The third kappa shape index (κ3) is 3.67. The van der Waals surface area contributed by atoms with Crippen molar-refractivity contribution in [3.05, 3.63) is 38.2 Å². The molecule has 0 unspecified atom stereocenters. The van der Waals surface area contributed by atoms with Gasteiger partial charge in [0.2, 0.25) is 5.91 Å². The van der Waals surface area contributed by atoms with E-state index in [0.29, 0.717) is 22.9 Å². The molecule has 9 heteroatoms. The molecule has 4 rings (SSSR count).